The van der Waals surface area contributed by atoms with Gasteiger partial charge in [0.2, 0.25) is 0 Å². The van der Waals surface area contributed by atoms with Gasteiger partial charge in [0.1, 0.15) is 0 Å². The summed E-state index contributed by atoms with van der Waals surface area (Å²) < 4.78 is 0. The zero-order chi connectivity index (χ0) is 10.8. The summed E-state index contributed by atoms with van der Waals surface area (Å²) in [6.45, 7) is 6.95. The summed E-state index contributed by atoms with van der Waals surface area (Å²) in [7, 11) is 0. The Kier molecular flexibility index (Phi) is 9.06. The fourth-order valence-corrected chi connectivity index (χ4v) is 1.87. The van der Waals surface area contributed by atoms with Crippen molar-refractivity contribution in [3.63, 3.8) is 0 Å². The van der Waals surface area contributed by atoms with Gasteiger partial charge in [0.05, 0.1) is 6.61 Å². The van der Waals surface area contributed by atoms with Crippen LogP contribution in [0.5, 0.6) is 0 Å². The van der Waals surface area contributed by atoms with Gasteiger partial charge < -0.3 is 5.11 Å². The maximum absolute atomic E-state index is 8.78. The van der Waals surface area contributed by atoms with Gasteiger partial charge in [-0.15, -0.1) is 0 Å². The fourth-order valence-electron chi connectivity index (χ4n) is 1.87. The van der Waals surface area contributed by atoms with Crippen molar-refractivity contribution < 1.29 is 5.11 Å². The predicted molar refractivity (Wildman–Crippen MR) is 63.4 cm³/mol. The molecule has 1 nitrogen and oxygen atoms in total. The highest BCUT2D eigenvalue weighted by molar-refractivity contribution is 5.00. The van der Waals surface area contributed by atoms with E-state index in [1.54, 1.807) is 0 Å². The maximum atomic E-state index is 8.78. The summed E-state index contributed by atoms with van der Waals surface area (Å²) in [5.41, 5.74) is 1.41. The quantitative estimate of drug-likeness (QED) is 0.586. The van der Waals surface area contributed by atoms with Crippen molar-refractivity contribution in [3.8, 4) is 0 Å². The summed E-state index contributed by atoms with van der Waals surface area (Å²) in [5.74, 6) is 0.868. The number of aliphatic hydroxyl groups excluding tert-OH is 1. The predicted octanol–water partition coefficient (Wildman–Crippen LogP) is 3.92. The fraction of sp³-hybridized carbons (Fsp3) is 0.846. The molecule has 0 saturated carbocycles. The van der Waals surface area contributed by atoms with E-state index >= 15 is 0 Å². The number of rotatable bonds is 8. The van der Waals surface area contributed by atoms with Gasteiger partial charge in [0.25, 0.3) is 0 Å². The SMILES string of the molecule is CCCC(C)CCCC(=CCO)CC. The highest BCUT2D eigenvalue weighted by Gasteiger charge is 2.01. The molecule has 0 radical (unpaired) electrons. The molecule has 1 atom stereocenters. The Labute approximate surface area is 89.2 Å². The Balaban J connectivity index is 3.55. The minimum absolute atomic E-state index is 0.202. The normalized spacial score (nSPS) is 14.4. The molecule has 0 aliphatic rings. The van der Waals surface area contributed by atoms with Crippen LogP contribution >= 0.6 is 0 Å². The minimum Gasteiger partial charge on any atom is -0.392 e. The molecule has 0 spiro atoms. The first kappa shape index (κ1) is 13.7. The van der Waals surface area contributed by atoms with Crippen molar-refractivity contribution in [1.29, 1.82) is 0 Å². The molecular weight excluding hydrogens is 172 g/mol. The molecule has 0 aromatic carbocycles. The third kappa shape index (κ3) is 7.14. The van der Waals surface area contributed by atoms with Crippen molar-refractivity contribution in [3.05, 3.63) is 11.6 Å². The second-order valence-corrected chi connectivity index (χ2v) is 4.18. The Morgan fingerprint density at radius 3 is 2.50 bits per heavy atom. The second kappa shape index (κ2) is 9.26. The average molecular weight is 198 g/mol. The molecule has 0 amide bonds. The first-order valence-corrected chi connectivity index (χ1v) is 6.03. The largest absolute Gasteiger partial charge is 0.392 e. The second-order valence-electron chi connectivity index (χ2n) is 4.18. The van der Waals surface area contributed by atoms with E-state index in [-0.39, 0.29) is 6.61 Å². The van der Waals surface area contributed by atoms with Crippen LogP contribution in [0.3, 0.4) is 0 Å². The Hall–Kier alpha value is -0.300. The molecule has 0 saturated heterocycles. The molecule has 1 N–H and O–H groups in total. The van der Waals surface area contributed by atoms with Gasteiger partial charge >= 0.3 is 0 Å². The molecule has 0 rings (SSSR count). The lowest BCUT2D eigenvalue weighted by atomic mass is 9.96. The monoisotopic (exact) mass is 198 g/mol. The molecule has 0 aromatic rings. The van der Waals surface area contributed by atoms with Gasteiger partial charge in [-0.3, -0.25) is 0 Å². The Morgan fingerprint density at radius 1 is 1.29 bits per heavy atom. The van der Waals surface area contributed by atoms with E-state index in [0.29, 0.717) is 0 Å². The summed E-state index contributed by atoms with van der Waals surface area (Å²) in [4.78, 5) is 0. The van der Waals surface area contributed by atoms with E-state index in [2.05, 4.69) is 20.8 Å². The highest BCUT2D eigenvalue weighted by atomic mass is 16.2. The van der Waals surface area contributed by atoms with E-state index < -0.39 is 0 Å². The van der Waals surface area contributed by atoms with Crippen LogP contribution in [0.15, 0.2) is 11.6 Å². The molecule has 1 heteroatoms. The first-order valence-electron chi connectivity index (χ1n) is 6.03. The van der Waals surface area contributed by atoms with Crippen LogP contribution in [-0.4, -0.2) is 11.7 Å². The van der Waals surface area contributed by atoms with Gasteiger partial charge in [-0.05, 0) is 25.2 Å². The highest BCUT2D eigenvalue weighted by Crippen LogP contribution is 2.17. The number of hydrogen-bond donors (Lipinski definition) is 1. The van der Waals surface area contributed by atoms with Crippen LogP contribution in [0.1, 0.15) is 59.3 Å². The van der Waals surface area contributed by atoms with Gasteiger partial charge in [-0.1, -0.05) is 51.7 Å². The van der Waals surface area contributed by atoms with Crippen molar-refractivity contribution in [2.45, 2.75) is 59.3 Å². The lowest BCUT2D eigenvalue weighted by Crippen LogP contribution is -1.94. The maximum Gasteiger partial charge on any atom is 0.0615 e. The molecule has 0 heterocycles. The summed E-state index contributed by atoms with van der Waals surface area (Å²) in [6.07, 6.45) is 9.48. The van der Waals surface area contributed by atoms with Crippen LogP contribution < -0.4 is 0 Å². The summed E-state index contributed by atoms with van der Waals surface area (Å²) >= 11 is 0. The van der Waals surface area contributed by atoms with E-state index in [1.165, 1.54) is 37.7 Å². The third-order valence-corrected chi connectivity index (χ3v) is 2.81. The van der Waals surface area contributed by atoms with E-state index in [9.17, 15) is 0 Å². The molecule has 0 fully saturated rings. The van der Waals surface area contributed by atoms with Gasteiger partial charge in [-0.25, -0.2) is 0 Å². The molecule has 14 heavy (non-hydrogen) atoms. The van der Waals surface area contributed by atoms with E-state index in [0.717, 1.165) is 12.3 Å². The number of allylic oxidation sites excluding steroid dienone is 1. The third-order valence-electron chi connectivity index (χ3n) is 2.81. The smallest absolute Gasteiger partial charge is 0.0615 e. The minimum atomic E-state index is 0.202. The first-order chi connectivity index (χ1) is 6.74. The molecule has 1 unspecified atom stereocenters. The molecule has 0 aliphatic heterocycles. The summed E-state index contributed by atoms with van der Waals surface area (Å²) in [6, 6.07) is 0. The van der Waals surface area contributed by atoms with Crippen LogP contribution in [-0.2, 0) is 0 Å². The number of hydrogen-bond acceptors (Lipinski definition) is 1. The average Bonchev–Trinajstić information content (AvgIpc) is 2.17. The topological polar surface area (TPSA) is 20.2 Å². The van der Waals surface area contributed by atoms with Gasteiger partial charge in [0.15, 0.2) is 0 Å². The van der Waals surface area contributed by atoms with E-state index in [1.807, 2.05) is 6.08 Å². The summed E-state index contributed by atoms with van der Waals surface area (Å²) in [5, 5.41) is 8.78. The van der Waals surface area contributed by atoms with Gasteiger partial charge in [0, 0.05) is 0 Å². The van der Waals surface area contributed by atoms with Crippen molar-refractivity contribution >= 4 is 0 Å². The molecular formula is C13H26O. The van der Waals surface area contributed by atoms with Crippen molar-refractivity contribution in [2.24, 2.45) is 5.92 Å². The number of aliphatic hydroxyl groups is 1. The molecule has 0 aliphatic carbocycles. The van der Waals surface area contributed by atoms with Crippen LogP contribution in [0.25, 0.3) is 0 Å². The zero-order valence-electron chi connectivity index (χ0n) is 10.1. The van der Waals surface area contributed by atoms with Crippen LogP contribution in [0.4, 0.5) is 0 Å². The molecule has 0 bridgehead atoms. The Morgan fingerprint density at radius 2 is 2.00 bits per heavy atom. The molecule has 0 aromatic heterocycles. The van der Waals surface area contributed by atoms with E-state index in [4.69, 9.17) is 5.11 Å². The Bertz CT molecular complexity index is 149. The standard InChI is InChI=1S/C13H26O/c1-4-7-12(3)8-6-9-13(5-2)10-11-14/h10,12,14H,4-9,11H2,1-3H3. The van der Waals surface area contributed by atoms with Crippen LogP contribution in [0.2, 0.25) is 0 Å². The van der Waals surface area contributed by atoms with Crippen molar-refractivity contribution in [2.75, 3.05) is 6.61 Å². The lowest BCUT2D eigenvalue weighted by Gasteiger charge is -2.10. The van der Waals surface area contributed by atoms with Crippen molar-refractivity contribution in [1.82, 2.24) is 0 Å². The van der Waals surface area contributed by atoms with Gasteiger partial charge in [-0.2, -0.15) is 0 Å². The van der Waals surface area contributed by atoms with Crippen LogP contribution in [0, 0.1) is 5.92 Å². The molecule has 84 valence electrons. The lowest BCUT2D eigenvalue weighted by molar-refractivity contribution is 0.341. The zero-order valence-corrected chi connectivity index (χ0v) is 10.1.